The summed E-state index contributed by atoms with van der Waals surface area (Å²) in [6.45, 7) is 0. The number of hydrogen-bond acceptors (Lipinski definition) is 2. The van der Waals surface area contributed by atoms with Crippen molar-refractivity contribution in [2.24, 2.45) is 0 Å². The largest absolute Gasteiger partial charge is 0.228 e. The lowest BCUT2D eigenvalue weighted by molar-refractivity contribution is 0.903. The molecule has 3 aromatic carbocycles. The van der Waals surface area contributed by atoms with Crippen LogP contribution in [-0.4, -0.2) is 14.8 Å². The van der Waals surface area contributed by atoms with Gasteiger partial charge in [-0.3, -0.25) is 0 Å². The molecular formula is C22H14ClN3. The molecule has 0 saturated heterocycles. The van der Waals surface area contributed by atoms with Crippen molar-refractivity contribution in [3.63, 3.8) is 0 Å². The van der Waals surface area contributed by atoms with Gasteiger partial charge in [-0.25, -0.2) is 9.67 Å². The van der Waals surface area contributed by atoms with Crippen molar-refractivity contribution in [3.05, 3.63) is 90.0 Å². The van der Waals surface area contributed by atoms with Gasteiger partial charge >= 0.3 is 0 Å². The van der Waals surface area contributed by atoms with Gasteiger partial charge in [0.2, 0.25) is 0 Å². The minimum Gasteiger partial charge on any atom is -0.228 e. The van der Waals surface area contributed by atoms with Crippen molar-refractivity contribution in [2.75, 3.05) is 0 Å². The van der Waals surface area contributed by atoms with E-state index >= 15 is 0 Å². The maximum absolute atomic E-state index is 6.18. The molecule has 5 rings (SSSR count). The lowest BCUT2D eigenvalue weighted by atomic mass is 10.1. The van der Waals surface area contributed by atoms with Crippen LogP contribution in [0.5, 0.6) is 0 Å². The van der Waals surface area contributed by atoms with E-state index in [1.54, 1.807) is 0 Å². The van der Waals surface area contributed by atoms with Gasteiger partial charge in [-0.05, 0) is 36.4 Å². The molecule has 0 atom stereocenters. The van der Waals surface area contributed by atoms with Gasteiger partial charge < -0.3 is 0 Å². The van der Waals surface area contributed by atoms with E-state index in [1.807, 2.05) is 71.4 Å². The lowest BCUT2D eigenvalue weighted by Gasteiger charge is -2.03. The summed E-state index contributed by atoms with van der Waals surface area (Å²) in [5, 5.41) is 7.62. The third-order valence-electron chi connectivity index (χ3n) is 4.46. The van der Waals surface area contributed by atoms with Crippen LogP contribution in [0.2, 0.25) is 5.02 Å². The number of pyridine rings is 1. The minimum absolute atomic E-state index is 0.704. The van der Waals surface area contributed by atoms with Crippen LogP contribution in [-0.2, 0) is 0 Å². The van der Waals surface area contributed by atoms with Crippen molar-refractivity contribution in [3.8, 4) is 16.9 Å². The quantitative estimate of drug-likeness (QED) is 0.395. The summed E-state index contributed by atoms with van der Waals surface area (Å²) in [5.41, 5.74) is 4.71. The normalized spacial score (nSPS) is 11.3. The number of fused-ring (bicyclic) bond motifs is 2. The Kier molecular flexibility index (Phi) is 3.47. The summed E-state index contributed by atoms with van der Waals surface area (Å²) in [6, 6.07) is 28.1. The average molecular weight is 356 g/mol. The number of halogens is 1. The fraction of sp³-hybridized carbons (Fsp3) is 0. The topological polar surface area (TPSA) is 30.7 Å². The second kappa shape index (κ2) is 5.97. The third-order valence-corrected chi connectivity index (χ3v) is 4.70. The van der Waals surface area contributed by atoms with Crippen LogP contribution in [0.25, 0.3) is 38.9 Å². The Morgan fingerprint density at radius 1 is 0.769 bits per heavy atom. The molecule has 0 aliphatic carbocycles. The highest BCUT2D eigenvalue weighted by atomic mass is 35.5. The van der Waals surface area contributed by atoms with E-state index in [-0.39, 0.29) is 0 Å². The first-order chi connectivity index (χ1) is 12.8. The highest BCUT2D eigenvalue weighted by Gasteiger charge is 2.16. The Labute approximate surface area is 155 Å². The molecule has 0 saturated carbocycles. The van der Waals surface area contributed by atoms with Gasteiger partial charge in [-0.2, -0.15) is 5.10 Å². The van der Waals surface area contributed by atoms with Crippen molar-refractivity contribution in [1.82, 2.24) is 14.8 Å². The predicted molar refractivity (Wildman–Crippen MR) is 107 cm³/mol. The maximum Gasteiger partial charge on any atom is 0.164 e. The summed E-state index contributed by atoms with van der Waals surface area (Å²) in [6.07, 6.45) is 0. The fourth-order valence-electron chi connectivity index (χ4n) is 3.23. The summed E-state index contributed by atoms with van der Waals surface area (Å²) >= 11 is 6.18. The number of hydrogen-bond donors (Lipinski definition) is 0. The van der Waals surface area contributed by atoms with Gasteiger partial charge in [0, 0.05) is 21.4 Å². The maximum atomic E-state index is 6.18. The predicted octanol–water partition coefficient (Wildman–Crippen LogP) is 5.89. The summed E-state index contributed by atoms with van der Waals surface area (Å²) < 4.78 is 1.91. The fourth-order valence-corrected chi connectivity index (χ4v) is 3.41. The second-order valence-electron chi connectivity index (χ2n) is 6.16. The van der Waals surface area contributed by atoms with Crippen LogP contribution in [0.4, 0.5) is 0 Å². The number of aromatic nitrogens is 3. The summed E-state index contributed by atoms with van der Waals surface area (Å²) in [4.78, 5) is 4.88. The van der Waals surface area contributed by atoms with E-state index in [1.165, 1.54) is 0 Å². The highest BCUT2D eigenvalue weighted by Crippen LogP contribution is 2.31. The first kappa shape index (κ1) is 15.1. The highest BCUT2D eigenvalue weighted by molar-refractivity contribution is 6.31. The van der Waals surface area contributed by atoms with Gasteiger partial charge in [-0.15, -0.1) is 0 Å². The molecule has 0 spiro atoms. The molecule has 0 aliphatic heterocycles. The van der Waals surface area contributed by atoms with Gasteiger partial charge in [0.25, 0.3) is 0 Å². The molecule has 0 unspecified atom stereocenters. The van der Waals surface area contributed by atoms with Crippen molar-refractivity contribution >= 4 is 33.5 Å². The molecule has 0 N–H and O–H groups in total. The van der Waals surface area contributed by atoms with Crippen LogP contribution in [0, 0.1) is 0 Å². The van der Waals surface area contributed by atoms with E-state index in [0.717, 1.165) is 38.9 Å². The Morgan fingerprint density at radius 3 is 2.27 bits per heavy atom. The lowest BCUT2D eigenvalue weighted by Crippen LogP contribution is -1.97. The Balaban J connectivity index is 1.89. The third kappa shape index (κ3) is 2.45. The molecule has 0 radical (unpaired) electrons. The van der Waals surface area contributed by atoms with E-state index < -0.39 is 0 Å². The number of nitrogens with zero attached hydrogens (tertiary/aromatic N) is 3. The number of para-hydroxylation sites is 1. The van der Waals surface area contributed by atoms with Crippen LogP contribution < -0.4 is 0 Å². The summed E-state index contributed by atoms with van der Waals surface area (Å²) in [5.74, 6) is 0. The number of benzene rings is 3. The van der Waals surface area contributed by atoms with Crippen LogP contribution >= 0.6 is 11.6 Å². The first-order valence-electron chi connectivity index (χ1n) is 8.39. The van der Waals surface area contributed by atoms with E-state index in [4.69, 9.17) is 21.7 Å². The molecule has 0 bridgehead atoms. The van der Waals surface area contributed by atoms with Crippen LogP contribution in [0.1, 0.15) is 0 Å². The zero-order valence-corrected chi connectivity index (χ0v) is 14.6. The van der Waals surface area contributed by atoms with E-state index in [2.05, 4.69) is 18.2 Å². The van der Waals surface area contributed by atoms with Crippen LogP contribution in [0.3, 0.4) is 0 Å². The molecule has 26 heavy (non-hydrogen) atoms. The Bertz CT molecular complexity index is 1230. The van der Waals surface area contributed by atoms with E-state index in [0.29, 0.717) is 5.02 Å². The molecular weight excluding hydrogens is 342 g/mol. The number of rotatable bonds is 2. The van der Waals surface area contributed by atoms with Crippen molar-refractivity contribution < 1.29 is 0 Å². The van der Waals surface area contributed by atoms with Gasteiger partial charge in [-0.1, -0.05) is 60.1 Å². The molecule has 0 aliphatic rings. The zero-order chi connectivity index (χ0) is 17.5. The van der Waals surface area contributed by atoms with Gasteiger partial charge in [0.05, 0.1) is 11.2 Å². The zero-order valence-electron chi connectivity index (χ0n) is 13.8. The van der Waals surface area contributed by atoms with Crippen molar-refractivity contribution in [2.45, 2.75) is 0 Å². The molecule has 4 heteroatoms. The SMILES string of the molecule is Clc1ccc2nc3c(cc2c1)c(-c1ccccc1)nn3-c1ccccc1. The smallest absolute Gasteiger partial charge is 0.164 e. The summed E-state index contributed by atoms with van der Waals surface area (Å²) in [7, 11) is 0. The van der Waals surface area contributed by atoms with Crippen LogP contribution in [0.15, 0.2) is 84.9 Å². The van der Waals surface area contributed by atoms with Crippen molar-refractivity contribution in [1.29, 1.82) is 0 Å². The minimum atomic E-state index is 0.704. The standard InChI is InChI=1S/C22H14ClN3/c23-17-11-12-20-16(13-17)14-19-21(15-7-3-1-4-8-15)25-26(22(19)24-20)18-9-5-2-6-10-18/h1-14H. The molecule has 2 aromatic heterocycles. The molecule has 0 amide bonds. The average Bonchev–Trinajstić information content (AvgIpc) is 3.06. The molecule has 0 fully saturated rings. The molecule has 2 heterocycles. The van der Waals surface area contributed by atoms with Gasteiger partial charge in [0.15, 0.2) is 5.65 Å². The Hall–Kier alpha value is -3.17. The van der Waals surface area contributed by atoms with Gasteiger partial charge in [0.1, 0.15) is 5.69 Å². The molecule has 5 aromatic rings. The monoisotopic (exact) mass is 355 g/mol. The first-order valence-corrected chi connectivity index (χ1v) is 8.77. The molecule has 3 nitrogen and oxygen atoms in total. The Morgan fingerprint density at radius 2 is 1.50 bits per heavy atom. The second-order valence-corrected chi connectivity index (χ2v) is 6.59. The van der Waals surface area contributed by atoms with E-state index in [9.17, 15) is 0 Å². The molecule has 124 valence electrons.